The van der Waals surface area contributed by atoms with Crippen LogP contribution in [0.15, 0.2) is 24.3 Å². The van der Waals surface area contributed by atoms with Gasteiger partial charge in [-0.1, -0.05) is 19.1 Å². The third-order valence-corrected chi connectivity index (χ3v) is 5.36. The van der Waals surface area contributed by atoms with Crippen molar-refractivity contribution < 1.29 is 14.3 Å². The molecule has 1 aliphatic heterocycles. The number of urea groups is 1. The molecule has 1 aromatic rings. The van der Waals surface area contributed by atoms with E-state index in [0.29, 0.717) is 29.9 Å². The number of hydrogen-bond donors (Lipinski definition) is 1. The number of hydrogen-bond acceptors (Lipinski definition) is 4. The van der Waals surface area contributed by atoms with Crippen LogP contribution in [0.2, 0.25) is 0 Å². The van der Waals surface area contributed by atoms with Crippen LogP contribution in [0.4, 0.5) is 10.5 Å². The van der Waals surface area contributed by atoms with Crippen molar-refractivity contribution in [1.29, 1.82) is 0 Å². The number of ether oxygens (including phenoxy) is 2. The molecule has 0 saturated carbocycles. The molecule has 5 nitrogen and oxygen atoms in total. The number of anilines is 1. The van der Waals surface area contributed by atoms with Gasteiger partial charge in [-0.15, -0.1) is 0 Å². The number of para-hydroxylation sites is 2. The van der Waals surface area contributed by atoms with Crippen molar-refractivity contribution in [3.63, 3.8) is 0 Å². The minimum Gasteiger partial charge on any atom is -0.491 e. The lowest BCUT2D eigenvalue weighted by Gasteiger charge is -2.37. The van der Waals surface area contributed by atoms with Gasteiger partial charge in [-0.05, 0) is 19.1 Å². The number of nitrogens with zero attached hydrogens (tertiary/aromatic N) is 1. The standard InChI is InChI=1S/C17H26N2O3S/c1-13-14(2)23-12-9-19(13)17(20)18-15-7-4-5-8-16(15)22-11-6-10-21-3/h4-5,7-8,13-14H,6,9-12H2,1-3H3,(H,18,20)/t13-,14+/m1/s1. The van der Waals surface area contributed by atoms with Gasteiger partial charge in [0.1, 0.15) is 5.75 Å². The van der Waals surface area contributed by atoms with Gasteiger partial charge < -0.3 is 19.7 Å². The Morgan fingerprint density at radius 2 is 2.13 bits per heavy atom. The summed E-state index contributed by atoms with van der Waals surface area (Å²) in [7, 11) is 1.67. The SMILES string of the molecule is COCCCOc1ccccc1NC(=O)N1CCS[C@@H](C)[C@H]1C. The molecule has 0 bridgehead atoms. The van der Waals surface area contributed by atoms with Crippen LogP contribution in [0, 0.1) is 0 Å². The molecule has 0 aromatic heterocycles. The second-order valence-corrected chi connectivity index (χ2v) is 7.12. The lowest BCUT2D eigenvalue weighted by molar-refractivity contribution is 0.172. The van der Waals surface area contributed by atoms with Crippen LogP contribution in [-0.2, 0) is 4.74 Å². The van der Waals surface area contributed by atoms with Crippen molar-refractivity contribution in [2.75, 3.05) is 37.9 Å². The topological polar surface area (TPSA) is 50.8 Å². The first-order valence-electron chi connectivity index (χ1n) is 8.03. The first-order chi connectivity index (χ1) is 11.1. The average molecular weight is 338 g/mol. The second-order valence-electron chi connectivity index (χ2n) is 5.63. The average Bonchev–Trinajstić information content (AvgIpc) is 2.55. The molecule has 2 rings (SSSR count). The fourth-order valence-corrected chi connectivity index (χ4v) is 3.59. The molecule has 0 aliphatic carbocycles. The Hall–Kier alpha value is -1.40. The van der Waals surface area contributed by atoms with Gasteiger partial charge in [0, 0.05) is 43.7 Å². The van der Waals surface area contributed by atoms with Gasteiger partial charge in [-0.3, -0.25) is 0 Å². The minimum atomic E-state index is -0.0578. The van der Waals surface area contributed by atoms with E-state index in [9.17, 15) is 4.79 Å². The first kappa shape index (κ1) is 17.9. The van der Waals surface area contributed by atoms with Crippen LogP contribution in [0.5, 0.6) is 5.75 Å². The first-order valence-corrected chi connectivity index (χ1v) is 9.08. The number of carbonyl (C=O) groups excluding carboxylic acids is 1. The third kappa shape index (κ3) is 5.04. The maximum absolute atomic E-state index is 12.6. The summed E-state index contributed by atoms with van der Waals surface area (Å²) in [5.41, 5.74) is 0.716. The summed E-state index contributed by atoms with van der Waals surface area (Å²) < 4.78 is 10.8. The van der Waals surface area contributed by atoms with Crippen molar-refractivity contribution >= 4 is 23.5 Å². The van der Waals surface area contributed by atoms with E-state index in [0.717, 1.165) is 18.7 Å². The Labute approximate surface area is 142 Å². The fourth-order valence-electron chi connectivity index (χ4n) is 2.49. The van der Waals surface area contributed by atoms with Gasteiger partial charge in [0.25, 0.3) is 0 Å². The summed E-state index contributed by atoms with van der Waals surface area (Å²) in [5, 5.41) is 3.45. The molecule has 1 heterocycles. The number of methoxy groups -OCH3 is 1. The minimum absolute atomic E-state index is 0.0578. The molecule has 2 amide bonds. The zero-order valence-corrected chi connectivity index (χ0v) is 14.9. The van der Waals surface area contributed by atoms with Gasteiger partial charge in [0.2, 0.25) is 0 Å². The molecule has 6 heteroatoms. The van der Waals surface area contributed by atoms with Gasteiger partial charge in [0.05, 0.1) is 12.3 Å². The van der Waals surface area contributed by atoms with E-state index in [1.165, 1.54) is 0 Å². The van der Waals surface area contributed by atoms with Crippen LogP contribution in [0.25, 0.3) is 0 Å². The number of amides is 2. The highest BCUT2D eigenvalue weighted by Gasteiger charge is 2.29. The van der Waals surface area contributed by atoms with E-state index < -0.39 is 0 Å². The predicted molar refractivity (Wildman–Crippen MR) is 95.5 cm³/mol. The highest BCUT2D eigenvalue weighted by atomic mass is 32.2. The summed E-state index contributed by atoms with van der Waals surface area (Å²) in [6.07, 6.45) is 0.816. The third-order valence-electron chi connectivity index (χ3n) is 4.02. The van der Waals surface area contributed by atoms with Crippen LogP contribution < -0.4 is 10.1 Å². The van der Waals surface area contributed by atoms with Gasteiger partial charge in [-0.25, -0.2) is 4.79 Å². The van der Waals surface area contributed by atoms with Crippen molar-refractivity contribution in [1.82, 2.24) is 4.90 Å². The van der Waals surface area contributed by atoms with Crippen molar-refractivity contribution in [2.45, 2.75) is 31.6 Å². The molecule has 1 saturated heterocycles. The van der Waals surface area contributed by atoms with Crippen LogP contribution in [-0.4, -0.2) is 54.8 Å². The molecular weight excluding hydrogens is 312 g/mol. The Kier molecular flexibility index (Phi) is 7.05. The van der Waals surface area contributed by atoms with Crippen LogP contribution in [0.1, 0.15) is 20.3 Å². The molecule has 0 unspecified atom stereocenters. The molecule has 1 aliphatic rings. The van der Waals surface area contributed by atoms with E-state index in [1.54, 1.807) is 7.11 Å². The lowest BCUT2D eigenvalue weighted by atomic mass is 10.2. The van der Waals surface area contributed by atoms with E-state index in [1.807, 2.05) is 40.9 Å². The molecule has 1 N–H and O–H groups in total. The zero-order chi connectivity index (χ0) is 16.7. The largest absolute Gasteiger partial charge is 0.491 e. The zero-order valence-electron chi connectivity index (χ0n) is 14.1. The summed E-state index contributed by atoms with van der Waals surface area (Å²) in [4.78, 5) is 14.5. The molecular formula is C17H26N2O3S. The van der Waals surface area contributed by atoms with E-state index in [4.69, 9.17) is 9.47 Å². The van der Waals surface area contributed by atoms with E-state index in [2.05, 4.69) is 19.2 Å². The Balaban J connectivity index is 1.97. The van der Waals surface area contributed by atoms with E-state index in [-0.39, 0.29) is 12.1 Å². The monoisotopic (exact) mass is 338 g/mol. The maximum atomic E-state index is 12.6. The van der Waals surface area contributed by atoms with Crippen molar-refractivity contribution in [3.8, 4) is 5.75 Å². The molecule has 1 aromatic carbocycles. The molecule has 2 atom stereocenters. The second kappa shape index (κ2) is 9.03. The lowest BCUT2D eigenvalue weighted by Crippen LogP contribution is -2.49. The quantitative estimate of drug-likeness (QED) is 0.807. The van der Waals surface area contributed by atoms with E-state index >= 15 is 0 Å². The summed E-state index contributed by atoms with van der Waals surface area (Å²) in [6, 6.07) is 7.72. The number of thioether (sulfide) groups is 1. The normalized spacial score (nSPS) is 21.1. The number of benzene rings is 1. The molecule has 23 heavy (non-hydrogen) atoms. The summed E-state index contributed by atoms with van der Waals surface area (Å²) >= 11 is 1.91. The highest BCUT2D eigenvalue weighted by Crippen LogP contribution is 2.27. The smallest absolute Gasteiger partial charge is 0.322 e. The number of rotatable bonds is 6. The fraction of sp³-hybridized carbons (Fsp3) is 0.588. The highest BCUT2D eigenvalue weighted by molar-refractivity contribution is 8.00. The van der Waals surface area contributed by atoms with Gasteiger partial charge in [-0.2, -0.15) is 11.8 Å². The van der Waals surface area contributed by atoms with Gasteiger partial charge in [0.15, 0.2) is 0 Å². The summed E-state index contributed by atoms with van der Waals surface area (Å²) in [6.45, 7) is 6.27. The molecule has 0 radical (unpaired) electrons. The number of carbonyl (C=O) groups is 1. The van der Waals surface area contributed by atoms with Crippen LogP contribution in [0.3, 0.4) is 0 Å². The Bertz CT molecular complexity index is 512. The number of nitrogens with one attached hydrogen (secondary N) is 1. The molecule has 128 valence electrons. The predicted octanol–water partition coefficient (Wildman–Crippen LogP) is 3.46. The van der Waals surface area contributed by atoms with Crippen molar-refractivity contribution in [3.05, 3.63) is 24.3 Å². The Morgan fingerprint density at radius 3 is 2.91 bits per heavy atom. The van der Waals surface area contributed by atoms with Gasteiger partial charge >= 0.3 is 6.03 Å². The molecule has 0 spiro atoms. The summed E-state index contributed by atoms with van der Waals surface area (Å²) in [5.74, 6) is 1.68. The molecule has 1 fully saturated rings. The maximum Gasteiger partial charge on any atom is 0.322 e. The Morgan fingerprint density at radius 1 is 1.35 bits per heavy atom. The van der Waals surface area contributed by atoms with Crippen molar-refractivity contribution in [2.24, 2.45) is 0 Å². The van der Waals surface area contributed by atoms with Crippen LogP contribution >= 0.6 is 11.8 Å².